The molecule has 6 heteroatoms. The Balaban J connectivity index is 0.000000203. The number of methoxy groups -OCH3 is 1. The fourth-order valence-corrected chi connectivity index (χ4v) is 10.1. The number of likely N-dealkylation sites (tertiary alicyclic amines) is 1. The SMILES string of the molecule is CCCCSc1ccc(C(SCCN(C)C)c2ccccc2)cc1.COc1ccc2c(c1)[C@]13CCCC[C@@H]1[C@H](C2)N(C)CC3.Cl. The summed E-state index contributed by atoms with van der Waals surface area (Å²) in [4.78, 5) is 6.27. The molecule has 6 rings (SSSR count). The van der Waals surface area contributed by atoms with Gasteiger partial charge >= 0.3 is 0 Å². The van der Waals surface area contributed by atoms with Gasteiger partial charge in [-0.3, -0.25) is 0 Å². The summed E-state index contributed by atoms with van der Waals surface area (Å²) >= 11 is 4.00. The van der Waals surface area contributed by atoms with Gasteiger partial charge in [-0.15, -0.1) is 35.9 Å². The molecule has 0 aromatic heterocycles. The van der Waals surface area contributed by atoms with Crippen molar-refractivity contribution in [2.45, 2.75) is 79.9 Å². The summed E-state index contributed by atoms with van der Waals surface area (Å²) in [7, 11) is 8.40. The number of benzene rings is 3. The van der Waals surface area contributed by atoms with Crippen molar-refractivity contribution >= 4 is 35.9 Å². The molecule has 3 aromatic rings. The standard InChI is InChI=1S/C21H29NS2.C18H25NO.ClH/c1-4-5-16-23-20-13-11-19(12-14-20)21(24-17-15-22(2)3)18-9-7-6-8-10-18;1-19-10-9-18-8-4-3-5-15(18)17(19)11-13-6-7-14(20-2)12-16(13)18;/h6-14,21H,4-5,15-17H2,1-3H3;6-7,12,15,17H,3-5,8-11H2,1-2H3;1H/t;15-,17+,18+;/m.1./s1. The number of fused-ring (bicyclic) bond motifs is 1. The second-order valence-corrected chi connectivity index (χ2v) is 15.7. The molecule has 0 spiro atoms. The second-order valence-electron chi connectivity index (χ2n) is 13.3. The number of halogens is 1. The van der Waals surface area contributed by atoms with E-state index in [0.29, 0.717) is 10.7 Å². The number of hydrogen-bond donors (Lipinski definition) is 0. The number of piperidine rings is 1. The van der Waals surface area contributed by atoms with E-state index >= 15 is 0 Å². The Hall–Kier alpha value is -1.63. The number of likely N-dealkylation sites (N-methyl/N-ethyl adjacent to an activating group) is 1. The Morgan fingerprint density at radius 3 is 2.42 bits per heavy atom. The van der Waals surface area contributed by atoms with Crippen molar-refractivity contribution in [1.82, 2.24) is 9.80 Å². The van der Waals surface area contributed by atoms with Gasteiger partial charge in [-0.1, -0.05) is 74.7 Å². The maximum atomic E-state index is 5.51. The minimum atomic E-state index is 0. The molecule has 3 aromatic carbocycles. The zero-order valence-electron chi connectivity index (χ0n) is 28.2. The summed E-state index contributed by atoms with van der Waals surface area (Å²) in [6.45, 7) is 4.62. The fourth-order valence-electron chi connectivity index (χ4n) is 7.74. The van der Waals surface area contributed by atoms with E-state index in [1.807, 2.05) is 23.5 Å². The van der Waals surface area contributed by atoms with Crippen LogP contribution in [0.2, 0.25) is 0 Å². The van der Waals surface area contributed by atoms with E-state index in [-0.39, 0.29) is 12.4 Å². The van der Waals surface area contributed by atoms with Crippen LogP contribution in [0.25, 0.3) is 0 Å². The maximum absolute atomic E-state index is 5.51. The fraction of sp³-hybridized carbons (Fsp3) is 0.538. The first-order valence-corrected chi connectivity index (χ1v) is 18.9. The third kappa shape index (κ3) is 8.84. The van der Waals surface area contributed by atoms with Gasteiger partial charge in [0, 0.05) is 28.6 Å². The maximum Gasteiger partial charge on any atom is 0.119 e. The van der Waals surface area contributed by atoms with Crippen LogP contribution in [0.3, 0.4) is 0 Å². The van der Waals surface area contributed by atoms with Crippen molar-refractivity contribution in [1.29, 1.82) is 0 Å². The van der Waals surface area contributed by atoms with Crippen LogP contribution >= 0.6 is 35.9 Å². The molecule has 2 bridgehead atoms. The van der Waals surface area contributed by atoms with E-state index in [4.69, 9.17) is 4.74 Å². The van der Waals surface area contributed by atoms with Gasteiger partial charge in [-0.2, -0.15) is 0 Å². The Labute approximate surface area is 288 Å². The van der Waals surface area contributed by atoms with Gasteiger partial charge in [-0.25, -0.2) is 0 Å². The van der Waals surface area contributed by atoms with E-state index in [1.165, 1.54) is 79.7 Å². The molecule has 1 unspecified atom stereocenters. The number of unbranched alkanes of at least 4 members (excludes halogenated alkanes) is 1. The van der Waals surface area contributed by atoms with Gasteiger partial charge in [0.1, 0.15) is 5.75 Å². The average Bonchev–Trinajstić information content (AvgIpc) is 3.06. The highest BCUT2D eigenvalue weighted by molar-refractivity contribution is 7.99. The topological polar surface area (TPSA) is 15.7 Å². The highest BCUT2D eigenvalue weighted by Gasteiger charge is 2.53. The van der Waals surface area contributed by atoms with Crippen molar-refractivity contribution in [2.75, 3.05) is 52.8 Å². The molecule has 0 radical (unpaired) electrons. The smallest absolute Gasteiger partial charge is 0.119 e. The highest BCUT2D eigenvalue weighted by atomic mass is 35.5. The molecule has 4 atom stereocenters. The summed E-state index contributed by atoms with van der Waals surface area (Å²) in [5.74, 6) is 4.27. The van der Waals surface area contributed by atoms with Crippen molar-refractivity contribution in [3.05, 3.63) is 95.1 Å². The molecule has 246 valence electrons. The summed E-state index contributed by atoms with van der Waals surface area (Å²) in [6.07, 6.45) is 10.8. The van der Waals surface area contributed by atoms with Gasteiger partial charge in [0.2, 0.25) is 0 Å². The Kier molecular flexibility index (Phi) is 14.1. The number of thioether (sulfide) groups is 2. The minimum Gasteiger partial charge on any atom is -0.497 e. The highest BCUT2D eigenvalue weighted by Crippen LogP contribution is 2.56. The number of nitrogens with zero attached hydrogens (tertiary/aromatic N) is 2. The van der Waals surface area contributed by atoms with Gasteiger partial charge in [-0.05, 0) is 118 Å². The minimum absolute atomic E-state index is 0. The Morgan fingerprint density at radius 1 is 0.956 bits per heavy atom. The van der Waals surface area contributed by atoms with Gasteiger partial charge < -0.3 is 14.5 Å². The first-order valence-electron chi connectivity index (χ1n) is 16.9. The molecule has 2 aliphatic carbocycles. The lowest BCUT2D eigenvalue weighted by Crippen LogP contribution is -2.59. The molecule has 1 aliphatic heterocycles. The van der Waals surface area contributed by atoms with Crippen LogP contribution in [-0.2, 0) is 11.8 Å². The second kappa shape index (κ2) is 17.5. The van der Waals surface area contributed by atoms with Crippen molar-refractivity contribution in [3.8, 4) is 5.75 Å². The summed E-state index contributed by atoms with van der Waals surface area (Å²) in [5.41, 5.74) is 6.47. The predicted molar refractivity (Wildman–Crippen MR) is 200 cm³/mol. The third-order valence-corrected chi connectivity index (χ3v) is 12.6. The average molecular weight is 667 g/mol. The van der Waals surface area contributed by atoms with E-state index in [9.17, 15) is 0 Å². The molecule has 3 aliphatic rings. The van der Waals surface area contributed by atoms with E-state index < -0.39 is 0 Å². The lowest BCUT2D eigenvalue weighted by atomic mass is 9.52. The number of ether oxygens (including phenoxy) is 1. The molecule has 2 fully saturated rings. The summed E-state index contributed by atoms with van der Waals surface area (Å²) in [5, 5.41) is 0.417. The number of rotatable bonds is 11. The van der Waals surface area contributed by atoms with Crippen LogP contribution in [0.4, 0.5) is 0 Å². The summed E-state index contributed by atoms with van der Waals surface area (Å²) < 4.78 is 5.51. The van der Waals surface area contributed by atoms with E-state index in [2.05, 4.69) is 111 Å². The molecule has 1 saturated carbocycles. The van der Waals surface area contributed by atoms with Crippen LogP contribution in [0.5, 0.6) is 5.75 Å². The molecule has 1 saturated heterocycles. The van der Waals surface area contributed by atoms with Crippen molar-refractivity contribution in [2.24, 2.45) is 5.92 Å². The monoisotopic (exact) mass is 666 g/mol. The van der Waals surface area contributed by atoms with Gasteiger partial charge in [0.15, 0.2) is 0 Å². The molecule has 0 N–H and O–H groups in total. The lowest BCUT2D eigenvalue weighted by Gasteiger charge is -2.58. The molecular weight excluding hydrogens is 612 g/mol. The van der Waals surface area contributed by atoms with E-state index in [1.54, 1.807) is 18.2 Å². The first kappa shape index (κ1) is 36.2. The van der Waals surface area contributed by atoms with Crippen LogP contribution in [0.1, 0.15) is 79.4 Å². The largest absolute Gasteiger partial charge is 0.497 e. The zero-order valence-corrected chi connectivity index (χ0v) is 30.6. The van der Waals surface area contributed by atoms with Crippen molar-refractivity contribution in [3.63, 3.8) is 0 Å². The Morgan fingerprint density at radius 2 is 1.71 bits per heavy atom. The zero-order chi connectivity index (χ0) is 30.9. The molecule has 0 amide bonds. The van der Waals surface area contributed by atoms with Crippen LogP contribution < -0.4 is 4.74 Å². The lowest BCUT2D eigenvalue weighted by molar-refractivity contribution is 0.00274. The third-order valence-electron chi connectivity index (χ3n) is 10.2. The van der Waals surface area contributed by atoms with Gasteiger partial charge in [0.25, 0.3) is 0 Å². The molecule has 45 heavy (non-hydrogen) atoms. The summed E-state index contributed by atoms with van der Waals surface area (Å²) in [6, 6.07) is 27.7. The molecular formula is C39H55ClN2OS2. The normalized spacial score (nSPS) is 22.7. The predicted octanol–water partition coefficient (Wildman–Crippen LogP) is 9.77. The first-order chi connectivity index (χ1) is 21.4. The number of hydrogen-bond acceptors (Lipinski definition) is 5. The molecule has 1 heterocycles. The van der Waals surface area contributed by atoms with Crippen LogP contribution in [0, 0.1) is 5.92 Å². The van der Waals surface area contributed by atoms with E-state index in [0.717, 1.165) is 30.0 Å². The Bertz CT molecular complexity index is 1300. The molecule has 3 nitrogen and oxygen atoms in total. The van der Waals surface area contributed by atoms with Gasteiger partial charge in [0.05, 0.1) is 12.4 Å². The van der Waals surface area contributed by atoms with Crippen LogP contribution in [0.15, 0.2) is 77.7 Å². The quantitative estimate of drug-likeness (QED) is 0.149. The van der Waals surface area contributed by atoms with Crippen LogP contribution in [-0.4, -0.2) is 68.7 Å². The van der Waals surface area contributed by atoms with Crippen molar-refractivity contribution < 1.29 is 4.74 Å².